The molecule has 0 bridgehead atoms. The molecule has 9 nitrogen and oxygen atoms in total. The standard InChI is InChI=1S/C19H22N6O3/c26-17(23-7-9-25(10-8-23)19-20-5-2-6-21-19)15-3-1-4-16(22-15)18(27)24-11-13-28-14-12-24/h1-6H,7-14H2. The second-order valence-corrected chi connectivity index (χ2v) is 6.64. The summed E-state index contributed by atoms with van der Waals surface area (Å²) in [6.45, 7) is 4.56. The van der Waals surface area contributed by atoms with Crippen LogP contribution < -0.4 is 4.90 Å². The first-order valence-electron chi connectivity index (χ1n) is 9.38. The van der Waals surface area contributed by atoms with Crippen molar-refractivity contribution in [3.8, 4) is 0 Å². The molecule has 0 unspecified atom stereocenters. The van der Waals surface area contributed by atoms with Gasteiger partial charge >= 0.3 is 0 Å². The first-order chi connectivity index (χ1) is 13.7. The Morgan fingerprint density at radius 3 is 1.96 bits per heavy atom. The van der Waals surface area contributed by atoms with Gasteiger partial charge in [-0.25, -0.2) is 15.0 Å². The number of nitrogens with zero attached hydrogens (tertiary/aromatic N) is 6. The SMILES string of the molecule is O=C(c1cccc(C(=O)N2CCN(c3ncccn3)CC2)n1)N1CCOCC1. The van der Waals surface area contributed by atoms with Gasteiger partial charge in [0, 0.05) is 51.7 Å². The van der Waals surface area contributed by atoms with E-state index in [1.807, 2.05) is 0 Å². The number of hydrogen-bond acceptors (Lipinski definition) is 7. The molecule has 146 valence electrons. The fourth-order valence-corrected chi connectivity index (χ4v) is 3.33. The Morgan fingerprint density at radius 1 is 0.786 bits per heavy atom. The van der Waals surface area contributed by atoms with Crippen molar-refractivity contribution in [2.75, 3.05) is 57.4 Å². The van der Waals surface area contributed by atoms with Gasteiger partial charge in [0.2, 0.25) is 5.95 Å². The minimum absolute atomic E-state index is 0.162. The van der Waals surface area contributed by atoms with Gasteiger partial charge in [-0.05, 0) is 18.2 Å². The molecule has 0 aliphatic carbocycles. The number of aromatic nitrogens is 3. The molecule has 0 saturated carbocycles. The van der Waals surface area contributed by atoms with E-state index in [1.54, 1.807) is 46.5 Å². The van der Waals surface area contributed by atoms with Gasteiger partial charge < -0.3 is 19.4 Å². The van der Waals surface area contributed by atoms with Gasteiger partial charge in [0.1, 0.15) is 11.4 Å². The number of rotatable bonds is 3. The van der Waals surface area contributed by atoms with Gasteiger partial charge in [0.15, 0.2) is 0 Å². The summed E-state index contributed by atoms with van der Waals surface area (Å²) in [5.74, 6) is 0.347. The van der Waals surface area contributed by atoms with Crippen LogP contribution >= 0.6 is 0 Å². The van der Waals surface area contributed by atoms with Crippen LogP contribution in [-0.2, 0) is 4.74 Å². The molecule has 2 amide bonds. The fourth-order valence-electron chi connectivity index (χ4n) is 3.33. The Labute approximate surface area is 163 Å². The van der Waals surface area contributed by atoms with Gasteiger partial charge in [-0.3, -0.25) is 9.59 Å². The molecule has 0 aromatic carbocycles. The summed E-state index contributed by atoms with van der Waals surface area (Å²) in [4.78, 5) is 43.8. The highest BCUT2D eigenvalue weighted by atomic mass is 16.5. The zero-order valence-corrected chi connectivity index (χ0v) is 15.5. The van der Waals surface area contributed by atoms with Crippen LogP contribution in [0.3, 0.4) is 0 Å². The molecule has 0 radical (unpaired) electrons. The van der Waals surface area contributed by atoms with Gasteiger partial charge in [-0.15, -0.1) is 0 Å². The number of carbonyl (C=O) groups is 2. The number of amides is 2. The van der Waals surface area contributed by atoms with Crippen molar-refractivity contribution >= 4 is 17.8 Å². The van der Waals surface area contributed by atoms with E-state index in [9.17, 15) is 9.59 Å². The molecular formula is C19H22N6O3. The van der Waals surface area contributed by atoms with Crippen LogP contribution in [0.25, 0.3) is 0 Å². The molecule has 9 heteroatoms. The van der Waals surface area contributed by atoms with Crippen molar-refractivity contribution in [2.45, 2.75) is 0 Å². The Kier molecular flexibility index (Phi) is 5.43. The molecule has 0 N–H and O–H groups in total. The molecule has 2 aliphatic heterocycles. The summed E-state index contributed by atoms with van der Waals surface area (Å²) in [5, 5.41) is 0. The van der Waals surface area contributed by atoms with E-state index in [-0.39, 0.29) is 11.8 Å². The van der Waals surface area contributed by atoms with Crippen LogP contribution in [0, 0.1) is 0 Å². The summed E-state index contributed by atoms with van der Waals surface area (Å²) in [7, 11) is 0. The predicted molar refractivity (Wildman–Crippen MR) is 101 cm³/mol. The van der Waals surface area contributed by atoms with Crippen molar-refractivity contribution in [3.63, 3.8) is 0 Å². The van der Waals surface area contributed by atoms with E-state index in [0.29, 0.717) is 69.8 Å². The molecule has 4 rings (SSSR count). The largest absolute Gasteiger partial charge is 0.378 e. The molecule has 2 aromatic heterocycles. The zero-order chi connectivity index (χ0) is 19.3. The Balaban J connectivity index is 1.40. The Bertz CT molecular complexity index is 833. The lowest BCUT2D eigenvalue weighted by Crippen LogP contribution is -2.49. The zero-order valence-electron chi connectivity index (χ0n) is 15.5. The molecule has 2 aromatic rings. The number of anilines is 1. The maximum atomic E-state index is 12.9. The second kappa shape index (κ2) is 8.30. The van der Waals surface area contributed by atoms with E-state index in [0.717, 1.165) is 0 Å². The molecule has 2 saturated heterocycles. The lowest BCUT2D eigenvalue weighted by Gasteiger charge is -2.34. The van der Waals surface area contributed by atoms with E-state index in [2.05, 4.69) is 19.9 Å². The van der Waals surface area contributed by atoms with Crippen molar-refractivity contribution in [1.29, 1.82) is 0 Å². The topological polar surface area (TPSA) is 91.8 Å². The summed E-state index contributed by atoms with van der Waals surface area (Å²) >= 11 is 0. The molecule has 28 heavy (non-hydrogen) atoms. The third-order valence-electron chi connectivity index (χ3n) is 4.89. The summed E-state index contributed by atoms with van der Waals surface area (Å²) < 4.78 is 5.28. The van der Waals surface area contributed by atoms with Crippen molar-refractivity contribution in [1.82, 2.24) is 24.8 Å². The van der Waals surface area contributed by atoms with Gasteiger partial charge in [0.05, 0.1) is 13.2 Å². The summed E-state index contributed by atoms with van der Waals surface area (Å²) in [5.41, 5.74) is 0.590. The van der Waals surface area contributed by atoms with E-state index >= 15 is 0 Å². The number of hydrogen-bond donors (Lipinski definition) is 0. The van der Waals surface area contributed by atoms with Crippen LogP contribution in [0.1, 0.15) is 21.0 Å². The highest BCUT2D eigenvalue weighted by Crippen LogP contribution is 2.13. The predicted octanol–water partition coefficient (Wildman–Crippen LogP) is 0.306. The van der Waals surface area contributed by atoms with Crippen LogP contribution in [-0.4, -0.2) is 89.0 Å². The Hall–Kier alpha value is -3.07. The lowest BCUT2D eigenvalue weighted by atomic mass is 10.2. The van der Waals surface area contributed by atoms with Crippen molar-refractivity contribution in [3.05, 3.63) is 48.0 Å². The average molecular weight is 382 g/mol. The molecule has 2 aliphatic rings. The fraction of sp³-hybridized carbons (Fsp3) is 0.421. The third-order valence-corrected chi connectivity index (χ3v) is 4.89. The monoisotopic (exact) mass is 382 g/mol. The highest BCUT2D eigenvalue weighted by Gasteiger charge is 2.25. The number of piperazine rings is 1. The maximum absolute atomic E-state index is 12.9. The number of morpholine rings is 1. The normalized spacial score (nSPS) is 17.5. The van der Waals surface area contributed by atoms with Crippen LogP contribution in [0.15, 0.2) is 36.7 Å². The minimum Gasteiger partial charge on any atom is -0.378 e. The average Bonchev–Trinajstić information content (AvgIpc) is 2.79. The van der Waals surface area contributed by atoms with E-state index in [1.165, 1.54) is 0 Å². The van der Waals surface area contributed by atoms with Gasteiger partial charge in [-0.1, -0.05) is 6.07 Å². The third kappa shape index (κ3) is 3.94. The number of pyridine rings is 1. The first kappa shape index (κ1) is 18.3. The second-order valence-electron chi connectivity index (χ2n) is 6.64. The maximum Gasteiger partial charge on any atom is 0.272 e. The molecule has 2 fully saturated rings. The highest BCUT2D eigenvalue weighted by molar-refractivity contribution is 5.96. The number of carbonyl (C=O) groups excluding carboxylic acids is 2. The van der Waals surface area contributed by atoms with Gasteiger partial charge in [-0.2, -0.15) is 0 Å². The molecular weight excluding hydrogens is 360 g/mol. The molecule has 4 heterocycles. The smallest absolute Gasteiger partial charge is 0.272 e. The Morgan fingerprint density at radius 2 is 1.36 bits per heavy atom. The minimum atomic E-state index is -0.163. The molecule has 0 spiro atoms. The van der Waals surface area contributed by atoms with Crippen molar-refractivity contribution < 1.29 is 14.3 Å². The van der Waals surface area contributed by atoms with Crippen LogP contribution in [0.4, 0.5) is 5.95 Å². The quantitative estimate of drug-likeness (QED) is 0.754. The first-order valence-corrected chi connectivity index (χ1v) is 9.38. The lowest BCUT2D eigenvalue weighted by molar-refractivity contribution is 0.0299. The summed E-state index contributed by atoms with van der Waals surface area (Å²) in [6.07, 6.45) is 3.42. The van der Waals surface area contributed by atoms with Crippen molar-refractivity contribution in [2.24, 2.45) is 0 Å². The van der Waals surface area contributed by atoms with Gasteiger partial charge in [0.25, 0.3) is 11.8 Å². The van der Waals surface area contributed by atoms with E-state index in [4.69, 9.17) is 4.74 Å². The number of ether oxygens (including phenoxy) is 1. The summed E-state index contributed by atoms with van der Waals surface area (Å²) in [6, 6.07) is 6.80. The van der Waals surface area contributed by atoms with E-state index < -0.39 is 0 Å². The van der Waals surface area contributed by atoms with Crippen LogP contribution in [0.5, 0.6) is 0 Å². The molecule has 0 atom stereocenters. The van der Waals surface area contributed by atoms with Crippen LogP contribution in [0.2, 0.25) is 0 Å².